The second kappa shape index (κ2) is 5.41. The molecular formula is C12H18ClNO2. The Morgan fingerprint density at radius 1 is 1.19 bits per heavy atom. The van der Waals surface area contributed by atoms with Gasteiger partial charge in [-0.2, -0.15) is 0 Å². The summed E-state index contributed by atoms with van der Waals surface area (Å²) in [6.07, 6.45) is 0. The van der Waals surface area contributed by atoms with Crippen LogP contribution in [-0.4, -0.2) is 33.2 Å². The summed E-state index contributed by atoms with van der Waals surface area (Å²) in [6.45, 7) is 2.00. The summed E-state index contributed by atoms with van der Waals surface area (Å²) in [5.74, 6) is 1.53. The molecule has 90 valence electrons. The van der Waals surface area contributed by atoms with Gasteiger partial charge in [0.05, 0.1) is 14.2 Å². The molecule has 1 rings (SSSR count). The molecule has 0 saturated carbocycles. The standard InChI is InChI=1S/C12H18ClNO2/c1-8-6-9(15-4)7-10(16-5)11(8)12(13)14(2)3/h6-7,12H,1-5H3. The molecule has 3 nitrogen and oxygen atoms in total. The molecule has 0 aromatic heterocycles. The zero-order valence-electron chi connectivity index (χ0n) is 10.4. The van der Waals surface area contributed by atoms with Crippen LogP contribution in [0.3, 0.4) is 0 Å². The van der Waals surface area contributed by atoms with E-state index in [4.69, 9.17) is 21.1 Å². The molecule has 0 aliphatic heterocycles. The van der Waals surface area contributed by atoms with Crippen molar-refractivity contribution in [2.45, 2.75) is 12.4 Å². The van der Waals surface area contributed by atoms with Crippen molar-refractivity contribution in [1.82, 2.24) is 4.90 Å². The molecule has 0 spiro atoms. The van der Waals surface area contributed by atoms with Crippen LogP contribution in [0.4, 0.5) is 0 Å². The van der Waals surface area contributed by atoms with Crippen molar-refractivity contribution in [3.63, 3.8) is 0 Å². The summed E-state index contributed by atoms with van der Waals surface area (Å²) in [7, 11) is 7.14. The van der Waals surface area contributed by atoms with Crippen LogP contribution in [0.25, 0.3) is 0 Å². The fraction of sp³-hybridized carbons (Fsp3) is 0.500. The lowest BCUT2D eigenvalue weighted by molar-refractivity contribution is 0.354. The number of alkyl halides is 1. The van der Waals surface area contributed by atoms with Gasteiger partial charge < -0.3 is 9.47 Å². The van der Waals surface area contributed by atoms with Crippen LogP contribution in [0.2, 0.25) is 0 Å². The summed E-state index contributed by atoms with van der Waals surface area (Å²) in [5.41, 5.74) is 1.83. The topological polar surface area (TPSA) is 21.7 Å². The van der Waals surface area contributed by atoms with E-state index in [-0.39, 0.29) is 5.50 Å². The molecule has 0 fully saturated rings. The number of hydrogen-bond acceptors (Lipinski definition) is 3. The maximum absolute atomic E-state index is 6.33. The number of hydrogen-bond donors (Lipinski definition) is 0. The van der Waals surface area contributed by atoms with E-state index in [1.54, 1.807) is 14.2 Å². The predicted octanol–water partition coefficient (Wildman–Crippen LogP) is 2.81. The van der Waals surface area contributed by atoms with Crippen LogP contribution in [0, 0.1) is 6.92 Å². The van der Waals surface area contributed by atoms with Gasteiger partial charge in [0.25, 0.3) is 0 Å². The minimum atomic E-state index is -0.208. The third-order valence-electron chi connectivity index (χ3n) is 2.47. The first-order valence-corrected chi connectivity index (χ1v) is 5.48. The lowest BCUT2D eigenvalue weighted by Crippen LogP contribution is -2.16. The van der Waals surface area contributed by atoms with E-state index in [0.29, 0.717) is 0 Å². The van der Waals surface area contributed by atoms with Gasteiger partial charge in [-0.05, 0) is 32.6 Å². The molecule has 0 aliphatic carbocycles. The van der Waals surface area contributed by atoms with E-state index in [9.17, 15) is 0 Å². The van der Waals surface area contributed by atoms with Gasteiger partial charge in [-0.3, -0.25) is 4.90 Å². The van der Waals surface area contributed by atoms with Crippen LogP contribution < -0.4 is 9.47 Å². The molecule has 16 heavy (non-hydrogen) atoms. The van der Waals surface area contributed by atoms with E-state index in [2.05, 4.69) is 0 Å². The van der Waals surface area contributed by atoms with Crippen molar-refractivity contribution in [1.29, 1.82) is 0 Å². The van der Waals surface area contributed by atoms with Crippen molar-refractivity contribution < 1.29 is 9.47 Å². The molecule has 0 saturated heterocycles. The molecule has 1 aromatic rings. The molecule has 0 bridgehead atoms. The zero-order chi connectivity index (χ0) is 12.3. The Morgan fingerprint density at radius 2 is 1.81 bits per heavy atom. The van der Waals surface area contributed by atoms with Gasteiger partial charge in [-0.25, -0.2) is 0 Å². The maximum atomic E-state index is 6.33. The molecule has 0 aliphatic rings. The Bertz CT molecular complexity index is 366. The number of methoxy groups -OCH3 is 2. The van der Waals surface area contributed by atoms with Crippen molar-refractivity contribution in [3.05, 3.63) is 23.3 Å². The molecule has 4 heteroatoms. The van der Waals surface area contributed by atoms with Gasteiger partial charge in [0, 0.05) is 11.6 Å². The molecule has 0 amide bonds. The van der Waals surface area contributed by atoms with E-state index in [1.807, 2.05) is 38.1 Å². The van der Waals surface area contributed by atoms with Gasteiger partial charge in [0.1, 0.15) is 17.0 Å². The summed E-state index contributed by atoms with van der Waals surface area (Å²) in [6, 6.07) is 3.80. The Morgan fingerprint density at radius 3 is 2.25 bits per heavy atom. The molecular weight excluding hydrogens is 226 g/mol. The van der Waals surface area contributed by atoms with Crippen molar-refractivity contribution >= 4 is 11.6 Å². The largest absolute Gasteiger partial charge is 0.497 e. The van der Waals surface area contributed by atoms with Crippen LogP contribution in [0.1, 0.15) is 16.6 Å². The molecule has 0 heterocycles. The highest BCUT2D eigenvalue weighted by Gasteiger charge is 2.19. The van der Waals surface area contributed by atoms with Crippen molar-refractivity contribution in [2.24, 2.45) is 0 Å². The number of ether oxygens (including phenoxy) is 2. The van der Waals surface area contributed by atoms with Crippen LogP contribution in [-0.2, 0) is 0 Å². The van der Waals surface area contributed by atoms with Crippen LogP contribution >= 0.6 is 11.6 Å². The molecule has 1 aromatic carbocycles. The second-order valence-corrected chi connectivity index (χ2v) is 4.27. The quantitative estimate of drug-likeness (QED) is 0.600. The zero-order valence-corrected chi connectivity index (χ0v) is 11.1. The first-order valence-electron chi connectivity index (χ1n) is 5.04. The normalized spacial score (nSPS) is 12.7. The van der Waals surface area contributed by atoms with Gasteiger partial charge in [0.2, 0.25) is 0 Å². The Hall–Kier alpha value is -0.930. The maximum Gasteiger partial charge on any atom is 0.128 e. The highest BCUT2D eigenvalue weighted by atomic mass is 35.5. The average Bonchev–Trinajstić information content (AvgIpc) is 2.26. The van der Waals surface area contributed by atoms with E-state index in [1.165, 1.54) is 0 Å². The molecule has 0 N–H and O–H groups in total. The lowest BCUT2D eigenvalue weighted by Gasteiger charge is -2.22. The van der Waals surface area contributed by atoms with Crippen molar-refractivity contribution in [2.75, 3.05) is 28.3 Å². The fourth-order valence-electron chi connectivity index (χ4n) is 1.58. The SMILES string of the molecule is COc1cc(C)c(C(Cl)N(C)C)c(OC)c1. The summed E-state index contributed by atoms with van der Waals surface area (Å²) >= 11 is 6.33. The summed E-state index contributed by atoms with van der Waals surface area (Å²) in [4.78, 5) is 1.93. The summed E-state index contributed by atoms with van der Waals surface area (Å²) < 4.78 is 10.5. The number of halogens is 1. The summed E-state index contributed by atoms with van der Waals surface area (Å²) in [5, 5.41) is 0. The van der Waals surface area contributed by atoms with Crippen molar-refractivity contribution in [3.8, 4) is 11.5 Å². The Balaban J connectivity index is 3.26. The van der Waals surface area contributed by atoms with E-state index < -0.39 is 0 Å². The molecule has 0 radical (unpaired) electrons. The van der Waals surface area contributed by atoms with Gasteiger partial charge in [-0.1, -0.05) is 0 Å². The third-order valence-corrected chi connectivity index (χ3v) is 3.08. The highest BCUT2D eigenvalue weighted by Crippen LogP contribution is 2.36. The number of benzene rings is 1. The monoisotopic (exact) mass is 243 g/mol. The number of nitrogens with zero attached hydrogens (tertiary/aromatic N) is 1. The third kappa shape index (κ3) is 2.60. The van der Waals surface area contributed by atoms with Gasteiger partial charge >= 0.3 is 0 Å². The minimum Gasteiger partial charge on any atom is -0.497 e. The molecule has 1 atom stereocenters. The van der Waals surface area contributed by atoms with Gasteiger partial charge in [-0.15, -0.1) is 11.6 Å². The minimum absolute atomic E-state index is 0.208. The van der Waals surface area contributed by atoms with E-state index >= 15 is 0 Å². The second-order valence-electron chi connectivity index (χ2n) is 3.86. The fourth-order valence-corrected chi connectivity index (χ4v) is 1.86. The van der Waals surface area contributed by atoms with E-state index in [0.717, 1.165) is 22.6 Å². The van der Waals surface area contributed by atoms with Crippen LogP contribution in [0.15, 0.2) is 12.1 Å². The first-order chi connectivity index (χ1) is 7.51. The van der Waals surface area contributed by atoms with Gasteiger partial charge in [0.15, 0.2) is 0 Å². The molecule has 1 unspecified atom stereocenters. The Labute approximate surface area is 102 Å². The number of aryl methyl sites for hydroxylation is 1. The predicted molar refractivity (Wildman–Crippen MR) is 66.6 cm³/mol. The highest BCUT2D eigenvalue weighted by molar-refractivity contribution is 6.20. The average molecular weight is 244 g/mol. The van der Waals surface area contributed by atoms with Crippen LogP contribution in [0.5, 0.6) is 11.5 Å². The lowest BCUT2D eigenvalue weighted by atomic mass is 10.1. The first kappa shape index (κ1) is 13.1. The smallest absolute Gasteiger partial charge is 0.128 e. The Kier molecular flexibility index (Phi) is 4.44. The number of rotatable bonds is 4.